The molecule has 0 radical (unpaired) electrons. The Morgan fingerprint density at radius 2 is 1.87 bits per heavy atom. The van der Waals surface area contributed by atoms with E-state index in [0.29, 0.717) is 0 Å². The van der Waals surface area contributed by atoms with Crippen LogP contribution in [0.1, 0.15) is 22.9 Å². The summed E-state index contributed by atoms with van der Waals surface area (Å²) in [6, 6.07) is 7.91. The smallest absolute Gasteiger partial charge is 0.332 e. The van der Waals surface area contributed by atoms with Gasteiger partial charge in [0.15, 0.2) is 0 Å². The first-order chi connectivity index (χ1) is 12.0. The molecule has 124 valence electrons. The van der Waals surface area contributed by atoms with Gasteiger partial charge in [0.1, 0.15) is 6.04 Å². The van der Waals surface area contributed by atoms with Crippen LogP contribution in [-0.4, -0.2) is 40.8 Å². The second kappa shape index (κ2) is 8.70. The van der Waals surface area contributed by atoms with Gasteiger partial charge in [-0.3, -0.25) is 4.79 Å². The molecule has 0 saturated carbocycles. The van der Waals surface area contributed by atoms with Gasteiger partial charge in [-0.05, 0) is 18.8 Å². The van der Waals surface area contributed by atoms with E-state index in [9.17, 15) is 14.4 Å². The van der Waals surface area contributed by atoms with Crippen molar-refractivity contribution in [3.8, 4) is 0 Å². The van der Waals surface area contributed by atoms with Crippen LogP contribution in [0, 0.1) is 0 Å². The molecule has 4 N–H and O–H groups in total. The lowest BCUT2D eigenvalue weighted by Gasteiger charge is -2.12. The molecule has 0 unspecified atom stereocenters. The van der Waals surface area contributed by atoms with Gasteiger partial charge >= 0.3 is 17.9 Å². The number of ether oxygens (including phenoxy) is 1. The van der Waals surface area contributed by atoms with E-state index in [1.165, 1.54) is 0 Å². The maximum Gasteiger partial charge on any atom is 0.332 e. The average molecular weight is 324 g/mol. The number of aliphatic carboxylic acids is 2. The lowest BCUT2D eigenvalue weighted by Crippen LogP contribution is -2.34. The molecule has 0 bridgehead atoms. The third-order valence-electron chi connectivity index (χ3n) is 2.97. The summed E-state index contributed by atoms with van der Waals surface area (Å²) in [5, 5.41) is 18.1. The molecule has 0 amide bonds. The highest BCUT2D eigenvalue weighted by atomic mass is 16.5. The number of carboxylic acids is 2. The highest BCUT2D eigenvalue weighted by Gasteiger charge is 2.19. The molecule has 7 heteroatoms. The molecule has 1 rings (SSSR count). The standard InChI is InChI=1S/C16H19NO6/c1-10(14(18)19)12(15(20)21)7-8-23-16(22)13(17)9-11-5-3-2-4-6-11/h2-6,13H,7-9,17H2,1H3,(H,18,19)(H,20,21)/b12-10+/t13-/m0/s1/i1D3. The van der Waals surface area contributed by atoms with Gasteiger partial charge in [0.2, 0.25) is 0 Å². The summed E-state index contributed by atoms with van der Waals surface area (Å²) in [6.45, 7) is -3.62. The molecule has 0 aliphatic rings. The van der Waals surface area contributed by atoms with Crippen LogP contribution in [0.25, 0.3) is 0 Å². The van der Waals surface area contributed by atoms with E-state index >= 15 is 0 Å². The first-order valence-corrected chi connectivity index (χ1v) is 6.70. The number of benzene rings is 1. The molecule has 0 heterocycles. The number of hydrogen-bond acceptors (Lipinski definition) is 5. The fourth-order valence-corrected chi connectivity index (χ4v) is 1.78. The zero-order chi connectivity index (χ0) is 19.9. The van der Waals surface area contributed by atoms with Gasteiger partial charge in [-0.25, -0.2) is 9.59 Å². The fraction of sp³-hybridized carbons (Fsp3) is 0.312. The summed E-state index contributed by atoms with van der Waals surface area (Å²) in [5.41, 5.74) is 4.46. The molecule has 0 aromatic heterocycles. The van der Waals surface area contributed by atoms with Crippen LogP contribution >= 0.6 is 0 Å². The van der Waals surface area contributed by atoms with Crippen molar-refractivity contribution < 1.29 is 33.4 Å². The molecular formula is C16H19NO6. The number of carbonyl (C=O) groups is 3. The Bertz CT molecular complexity index is 700. The molecule has 0 aliphatic carbocycles. The molecular weight excluding hydrogens is 302 g/mol. The minimum Gasteiger partial charge on any atom is -0.478 e. The lowest BCUT2D eigenvalue weighted by atomic mass is 10.1. The van der Waals surface area contributed by atoms with Crippen LogP contribution in [0.3, 0.4) is 0 Å². The van der Waals surface area contributed by atoms with Crippen LogP contribution in [0.2, 0.25) is 0 Å². The number of hydrogen-bond donors (Lipinski definition) is 3. The minimum atomic E-state index is -3.12. The molecule has 0 fully saturated rings. The lowest BCUT2D eigenvalue weighted by molar-refractivity contribution is -0.145. The van der Waals surface area contributed by atoms with Crippen molar-refractivity contribution >= 4 is 17.9 Å². The van der Waals surface area contributed by atoms with Gasteiger partial charge in [-0.1, -0.05) is 30.3 Å². The normalized spacial score (nSPS) is 15.4. The van der Waals surface area contributed by atoms with E-state index < -0.39 is 55.0 Å². The Kier molecular flexibility index (Phi) is 5.28. The zero-order valence-corrected chi connectivity index (χ0v) is 12.2. The maximum absolute atomic E-state index is 11.9. The molecule has 0 spiro atoms. The van der Waals surface area contributed by atoms with Gasteiger partial charge in [-0.15, -0.1) is 0 Å². The van der Waals surface area contributed by atoms with Crippen molar-refractivity contribution in [2.75, 3.05) is 6.61 Å². The van der Waals surface area contributed by atoms with Gasteiger partial charge in [-0.2, -0.15) is 0 Å². The number of carbonyl (C=O) groups excluding carboxylic acids is 1. The first-order valence-electron chi connectivity index (χ1n) is 8.20. The van der Waals surface area contributed by atoms with Crippen LogP contribution in [-0.2, 0) is 25.5 Å². The van der Waals surface area contributed by atoms with E-state index in [-0.39, 0.29) is 6.42 Å². The molecule has 0 aliphatic heterocycles. The molecule has 1 aromatic carbocycles. The third kappa shape index (κ3) is 5.91. The van der Waals surface area contributed by atoms with E-state index in [1.54, 1.807) is 30.3 Å². The maximum atomic E-state index is 11.9. The number of esters is 1. The van der Waals surface area contributed by atoms with Gasteiger partial charge in [0.05, 0.1) is 12.2 Å². The summed E-state index contributed by atoms with van der Waals surface area (Å²) in [4.78, 5) is 34.2. The third-order valence-corrected chi connectivity index (χ3v) is 2.97. The van der Waals surface area contributed by atoms with Gasteiger partial charge in [0.25, 0.3) is 0 Å². The Morgan fingerprint density at radius 3 is 2.39 bits per heavy atom. The summed E-state index contributed by atoms with van der Waals surface area (Å²) in [6.07, 6.45) is -0.365. The highest BCUT2D eigenvalue weighted by molar-refractivity contribution is 5.98. The quantitative estimate of drug-likeness (QED) is 0.480. The largest absolute Gasteiger partial charge is 0.478 e. The van der Waals surface area contributed by atoms with Crippen molar-refractivity contribution in [2.45, 2.75) is 25.7 Å². The van der Waals surface area contributed by atoms with Crippen molar-refractivity contribution in [1.82, 2.24) is 0 Å². The van der Waals surface area contributed by atoms with E-state index in [1.807, 2.05) is 0 Å². The van der Waals surface area contributed by atoms with E-state index in [2.05, 4.69) is 0 Å². The van der Waals surface area contributed by atoms with Crippen LogP contribution in [0.15, 0.2) is 41.5 Å². The first kappa shape index (κ1) is 14.0. The average Bonchev–Trinajstić information content (AvgIpc) is 2.52. The Labute approximate surface area is 137 Å². The number of nitrogens with two attached hydrogens (primary N) is 1. The molecule has 1 aromatic rings. The predicted molar refractivity (Wildman–Crippen MR) is 81.7 cm³/mol. The second-order valence-electron chi connectivity index (χ2n) is 4.68. The fourth-order valence-electron chi connectivity index (χ4n) is 1.78. The van der Waals surface area contributed by atoms with Crippen molar-refractivity contribution in [3.05, 3.63) is 47.0 Å². The Balaban J connectivity index is 2.74. The van der Waals surface area contributed by atoms with Crippen molar-refractivity contribution in [3.63, 3.8) is 0 Å². The number of rotatable bonds is 8. The Morgan fingerprint density at radius 1 is 1.22 bits per heavy atom. The molecule has 1 atom stereocenters. The van der Waals surface area contributed by atoms with E-state index in [4.69, 9.17) is 24.8 Å². The minimum absolute atomic E-state index is 0.205. The van der Waals surface area contributed by atoms with E-state index in [0.717, 1.165) is 5.56 Å². The zero-order valence-electron chi connectivity index (χ0n) is 15.2. The molecule has 7 nitrogen and oxygen atoms in total. The van der Waals surface area contributed by atoms with Crippen LogP contribution in [0.5, 0.6) is 0 Å². The molecule has 0 saturated heterocycles. The summed E-state index contributed by atoms with van der Waals surface area (Å²) in [7, 11) is 0. The second-order valence-corrected chi connectivity index (χ2v) is 4.68. The van der Waals surface area contributed by atoms with Crippen molar-refractivity contribution in [1.29, 1.82) is 0 Å². The SMILES string of the molecule is [2H]C([2H])([2H])/C(C(=O)O)=C(/CCOC(=O)[C@@H](N)Cc1ccccc1)C(=O)O. The number of carboxylic acid groups (broad SMARTS) is 2. The van der Waals surface area contributed by atoms with Crippen LogP contribution < -0.4 is 5.73 Å². The van der Waals surface area contributed by atoms with Gasteiger partial charge in [0, 0.05) is 16.1 Å². The molecule has 23 heavy (non-hydrogen) atoms. The summed E-state index contributed by atoms with van der Waals surface area (Å²) < 4.78 is 26.3. The highest BCUT2D eigenvalue weighted by Crippen LogP contribution is 2.10. The van der Waals surface area contributed by atoms with Gasteiger partial charge < -0.3 is 20.7 Å². The van der Waals surface area contributed by atoms with Crippen molar-refractivity contribution in [2.24, 2.45) is 5.73 Å². The predicted octanol–water partition coefficient (Wildman–Crippen LogP) is 0.975. The summed E-state index contributed by atoms with van der Waals surface area (Å²) >= 11 is 0. The summed E-state index contributed by atoms with van der Waals surface area (Å²) in [5.74, 6) is -4.37. The monoisotopic (exact) mass is 324 g/mol. The topological polar surface area (TPSA) is 127 Å². The Hall–Kier alpha value is -2.67. The van der Waals surface area contributed by atoms with Crippen LogP contribution in [0.4, 0.5) is 0 Å².